The molecule has 0 unspecified atom stereocenters. The first-order valence-electron chi connectivity index (χ1n) is 18.4. The molecule has 0 saturated carbocycles. The zero-order valence-corrected chi connectivity index (χ0v) is 29.8. The van der Waals surface area contributed by atoms with Crippen molar-refractivity contribution in [2.24, 2.45) is 0 Å². The van der Waals surface area contributed by atoms with Crippen LogP contribution < -0.4 is 0 Å². The lowest BCUT2D eigenvalue weighted by molar-refractivity contribution is 0.669. The Morgan fingerprint density at radius 2 is 0.564 bits per heavy atom. The van der Waals surface area contributed by atoms with Gasteiger partial charge in [0.2, 0.25) is 0 Å². The molecule has 0 aliphatic heterocycles. The Labute approximate surface area is 319 Å². The topological polar surface area (TPSA) is 51.8 Å². The summed E-state index contributed by atoms with van der Waals surface area (Å²) in [5, 5.41) is 2.01. The maximum Gasteiger partial charge on any atom is 0.164 e. The Balaban J connectivity index is 1.13. The summed E-state index contributed by atoms with van der Waals surface area (Å²) >= 11 is 0. The summed E-state index contributed by atoms with van der Waals surface area (Å²) in [6.45, 7) is 0. The second kappa shape index (κ2) is 13.8. The Bertz CT molecular complexity index is 2820. The van der Waals surface area contributed by atoms with E-state index in [1.807, 2.05) is 36.4 Å². The molecule has 0 amide bonds. The molecule has 4 heteroatoms. The highest BCUT2D eigenvalue weighted by atomic mass is 16.3. The minimum absolute atomic E-state index is 0.585. The number of fused-ring (bicyclic) bond motifs is 3. The van der Waals surface area contributed by atoms with Crippen molar-refractivity contribution in [1.82, 2.24) is 15.0 Å². The van der Waals surface area contributed by atoms with Crippen LogP contribution in [0.4, 0.5) is 0 Å². The Hall–Kier alpha value is -7.43. The highest BCUT2D eigenvalue weighted by Crippen LogP contribution is 2.42. The summed E-state index contributed by atoms with van der Waals surface area (Å²) in [5.74, 6) is 1.79. The lowest BCUT2D eigenvalue weighted by atomic mass is 9.95. The van der Waals surface area contributed by atoms with Crippen LogP contribution in [-0.2, 0) is 0 Å². The van der Waals surface area contributed by atoms with Gasteiger partial charge in [0, 0.05) is 27.5 Å². The van der Waals surface area contributed by atoms with Gasteiger partial charge in [-0.05, 0) is 56.6 Å². The first-order chi connectivity index (χ1) is 27.2. The molecule has 0 radical (unpaired) electrons. The second-order valence-corrected chi connectivity index (χ2v) is 13.6. The van der Waals surface area contributed by atoms with Gasteiger partial charge in [-0.2, -0.15) is 0 Å². The Morgan fingerprint density at radius 3 is 1.00 bits per heavy atom. The van der Waals surface area contributed by atoms with Crippen LogP contribution in [0, 0.1) is 0 Å². The molecule has 8 aromatic carbocycles. The fraction of sp³-hybridized carbons (Fsp3) is 0. The molecule has 55 heavy (non-hydrogen) atoms. The van der Waals surface area contributed by atoms with Gasteiger partial charge in [-0.1, -0.05) is 188 Å². The van der Waals surface area contributed by atoms with Gasteiger partial charge in [0.1, 0.15) is 11.2 Å². The number of furan rings is 1. The zero-order chi connectivity index (χ0) is 36.6. The van der Waals surface area contributed by atoms with E-state index in [4.69, 9.17) is 19.4 Å². The van der Waals surface area contributed by atoms with Gasteiger partial charge in [-0.25, -0.2) is 15.0 Å². The summed E-state index contributed by atoms with van der Waals surface area (Å²) in [5.41, 5.74) is 13.5. The van der Waals surface area contributed by atoms with Gasteiger partial charge >= 0.3 is 0 Å². The predicted molar refractivity (Wildman–Crippen MR) is 225 cm³/mol. The van der Waals surface area contributed by atoms with Crippen molar-refractivity contribution in [1.29, 1.82) is 0 Å². The number of hydrogen-bond donors (Lipinski definition) is 0. The van der Waals surface area contributed by atoms with Crippen molar-refractivity contribution < 1.29 is 4.42 Å². The average Bonchev–Trinajstić information content (AvgIpc) is 3.67. The first-order valence-corrected chi connectivity index (χ1v) is 18.4. The third kappa shape index (κ3) is 6.16. The van der Waals surface area contributed by atoms with E-state index >= 15 is 0 Å². The summed E-state index contributed by atoms with van der Waals surface area (Å²) in [6.07, 6.45) is 0. The number of nitrogens with zero attached hydrogens (tertiary/aromatic N) is 3. The molecule has 0 aliphatic carbocycles. The Morgan fingerprint density at radius 1 is 0.236 bits per heavy atom. The van der Waals surface area contributed by atoms with Crippen LogP contribution in [0.2, 0.25) is 0 Å². The molecule has 4 nitrogen and oxygen atoms in total. The van der Waals surface area contributed by atoms with E-state index in [-0.39, 0.29) is 0 Å². The molecular weight excluding hydrogens is 671 g/mol. The normalized spacial score (nSPS) is 11.3. The van der Waals surface area contributed by atoms with Crippen LogP contribution >= 0.6 is 0 Å². The predicted octanol–water partition coefficient (Wildman–Crippen LogP) is 13.4. The maximum atomic E-state index is 6.54. The standard InChI is InChI=1S/C51H33N3O/c1-4-12-34(13-5-1)37-22-28-40(29-23-37)43-18-10-20-45-47(43)48-44(19-11-21-46(48)55-45)51-53-49(41-30-24-38(25-31-41)35-14-6-2-7-15-35)52-50(54-51)42-32-26-39(27-33-42)36-16-8-3-9-17-36/h1-33H. The van der Waals surface area contributed by atoms with E-state index in [0.29, 0.717) is 17.5 Å². The quantitative estimate of drug-likeness (QED) is 0.166. The lowest BCUT2D eigenvalue weighted by Gasteiger charge is -2.11. The largest absolute Gasteiger partial charge is 0.456 e. The van der Waals surface area contributed by atoms with Crippen LogP contribution in [0.5, 0.6) is 0 Å². The molecule has 10 rings (SSSR count). The third-order valence-corrected chi connectivity index (χ3v) is 10.2. The van der Waals surface area contributed by atoms with Crippen molar-refractivity contribution >= 4 is 21.9 Å². The maximum absolute atomic E-state index is 6.54. The number of rotatable bonds is 7. The summed E-state index contributed by atoms with van der Waals surface area (Å²) in [4.78, 5) is 15.5. The van der Waals surface area contributed by atoms with E-state index in [1.165, 1.54) is 11.1 Å². The van der Waals surface area contributed by atoms with E-state index in [0.717, 1.165) is 72.0 Å². The second-order valence-electron chi connectivity index (χ2n) is 13.6. The molecule has 258 valence electrons. The van der Waals surface area contributed by atoms with Crippen molar-refractivity contribution in [2.75, 3.05) is 0 Å². The van der Waals surface area contributed by atoms with Crippen LogP contribution in [0.3, 0.4) is 0 Å². The molecule has 0 saturated heterocycles. The molecule has 0 bridgehead atoms. The molecule has 2 heterocycles. The molecule has 10 aromatic rings. The van der Waals surface area contributed by atoms with Gasteiger partial charge in [-0.15, -0.1) is 0 Å². The van der Waals surface area contributed by atoms with Crippen LogP contribution in [0.1, 0.15) is 0 Å². The first kappa shape index (κ1) is 32.2. The molecule has 0 aliphatic rings. The number of hydrogen-bond acceptors (Lipinski definition) is 4. The highest BCUT2D eigenvalue weighted by Gasteiger charge is 2.20. The van der Waals surface area contributed by atoms with E-state index in [9.17, 15) is 0 Å². The number of aromatic nitrogens is 3. The Kier molecular flexibility index (Phi) is 8.12. The van der Waals surface area contributed by atoms with Gasteiger partial charge < -0.3 is 4.42 Å². The lowest BCUT2D eigenvalue weighted by Crippen LogP contribution is -2.00. The van der Waals surface area contributed by atoms with Crippen LogP contribution in [0.15, 0.2) is 205 Å². The molecular formula is C51H33N3O. The minimum atomic E-state index is 0.585. The smallest absolute Gasteiger partial charge is 0.164 e. The molecule has 0 spiro atoms. The minimum Gasteiger partial charge on any atom is -0.456 e. The van der Waals surface area contributed by atoms with Crippen molar-refractivity contribution in [2.45, 2.75) is 0 Å². The van der Waals surface area contributed by atoms with Crippen molar-refractivity contribution in [3.8, 4) is 78.7 Å². The number of benzene rings is 8. The fourth-order valence-electron chi connectivity index (χ4n) is 7.41. The van der Waals surface area contributed by atoms with Gasteiger partial charge in [0.15, 0.2) is 17.5 Å². The SMILES string of the molecule is c1ccc(-c2ccc(-c3nc(-c4ccc(-c5ccccc5)cc4)nc(-c4cccc5oc6cccc(-c7ccc(-c8ccccc8)cc7)c6c45)n3)cc2)cc1. The van der Waals surface area contributed by atoms with Crippen molar-refractivity contribution in [3.05, 3.63) is 200 Å². The average molecular weight is 704 g/mol. The summed E-state index contributed by atoms with van der Waals surface area (Å²) in [7, 11) is 0. The van der Waals surface area contributed by atoms with E-state index in [1.54, 1.807) is 0 Å². The van der Waals surface area contributed by atoms with Crippen LogP contribution in [-0.4, -0.2) is 15.0 Å². The summed E-state index contributed by atoms with van der Waals surface area (Å²) < 4.78 is 6.54. The molecule has 0 N–H and O–H groups in total. The van der Waals surface area contributed by atoms with Crippen LogP contribution in [0.25, 0.3) is 101 Å². The molecule has 2 aromatic heterocycles. The van der Waals surface area contributed by atoms with E-state index < -0.39 is 0 Å². The fourth-order valence-corrected chi connectivity index (χ4v) is 7.41. The van der Waals surface area contributed by atoms with Crippen molar-refractivity contribution in [3.63, 3.8) is 0 Å². The molecule has 0 atom stereocenters. The third-order valence-electron chi connectivity index (χ3n) is 10.2. The monoisotopic (exact) mass is 703 g/mol. The van der Waals surface area contributed by atoms with Gasteiger partial charge in [0.05, 0.1) is 0 Å². The zero-order valence-electron chi connectivity index (χ0n) is 29.8. The summed E-state index contributed by atoms with van der Waals surface area (Å²) in [6, 6.07) is 69.2. The molecule has 0 fully saturated rings. The van der Waals surface area contributed by atoms with Gasteiger partial charge in [-0.3, -0.25) is 0 Å². The van der Waals surface area contributed by atoms with E-state index in [2.05, 4.69) is 164 Å². The highest BCUT2D eigenvalue weighted by molar-refractivity contribution is 6.17. The van der Waals surface area contributed by atoms with Gasteiger partial charge in [0.25, 0.3) is 0 Å².